The van der Waals surface area contributed by atoms with Crippen molar-refractivity contribution in [1.82, 2.24) is 4.98 Å². The third-order valence-electron chi connectivity index (χ3n) is 3.14. The number of carboxylic acids is 1. The molecule has 1 amide bonds. The van der Waals surface area contributed by atoms with Crippen molar-refractivity contribution in [3.63, 3.8) is 0 Å². The highest BCUT2D eigenvalue weighted by atomic mass is 16.5. The van der Waals surface area contributed by atoms with Crippen molar-refractivity contribution in [2.75, 3.05) is 18.5 Å². The van der Waals surface area contributed by atoms with Crippen LogP contribution in [0.2, 0.25) is 0 Å². The van der Waals surface area contributed by atoms with E-state index in [4.69, 9.17) is 9.84 Å². The maximum atomic E-state index is 12.0. The van der Waals surface area contributed by atoms with Crippen LogP contribution >= 0.6 is 0 Å². The van der Waals surface area contributed by atoms with E-state index in [0.717, 1.165) is 0 Å². The molecule has 0 atom stereocenters. The fraction of sp³-hybridized carbons (Fsp3) is 0.500. The van der Waals surface area contributed by atoms with Gasteiger partial charge < -0.3 is 20.1 Å². The second kappa shape index (κ2) is 5.22. The molecule has 6 heteroatoms. The van der Waals surface area contributed by atoms with Crippen LogP contribution < -0.4 is 5.32 Å². The van der Waals surface area contributed by atoms with Crippen LogP contribution in [0, 0.1) is 12.8 Å². The van der Waals surface area contributed by atoms with Gasteiger partial charge >= 0.3 is 5.97 Å². The average Bonchev–Trinajstić information content (AvgIpc) is 2.71. The number of rotatable bonds is 3. The van der Waals surface area contributed by atoms with E-state index in [1.807, 2.05) is 0 Å². The molecule has 0 spiro atoms. The number of hydrogen-bond acceptors (Lipinski definition) is 3. The standard InChI is InChI=1S/C12H16N2O4/c1-7-10(12(16)17)9(6-13-7)14-11(15)8-2-4-18-5-3-8/h6,8,13H,2-5H2,1H3,(H,14,15)(H,16,17). The smallest absolute Gasteiger partial charge is 0.339 e. The highest BCUT2D eigenvalue weighted by Crippen LogP contribution is 2.22. The molecule has 0 radical (unpaired) electrons. The van der Waals surface area contributed by atoms with E-state index in [9.17, 15) is 9.59 Å². The third kappa shape index (κ3) is 2.53. The number of carboxylic acid groups (broad SMARTS) is 1. The Morgan fingerprint density at radius 1 is 1.44 bits per heavy atom. The summed E-state index contributed by atoms with van der Waals surface area (Å²) in [6.45, 7) is 2.82. The average molecular weight is 252 g/mol. The first-order chi connectivity index (χ1) is 8.59. The van der Waals surface area contributed by atoms with Gasteiger partial charge in [-0.2, -0.15) is 0 Å². The molecular weight excluding hydrogens is 236 g/mol. The minimum absolute atomic E-state index is 0.101. The molecule has 0 aromatic carbocycles. The SMILES string of the molecule is Cc1[nH]cc(NC(=O)C2CCOCC2)c1C(=O)O. The van der Waals surface area contributed by atoms with Gasteiger partial charge in [0.25, 0.3) is 0 Å². The molecule has 1 saturated heterocycles. The number of aromatic amines is 1. The van der Waals surface area contributed by atoms with E-state index in [1.54, 1.807) is 6.92 Å². The molecule has 0 saturated carbocycles. The Balaban J connectivity index is 2.09. The van der Waals surface area contributed by atoms with E-state index < -0.39 is 5.97 Å². The number of ether oxygens (including phenoxy) is 1. The second-order valence-electron chi connectivity index (χ2n) is 4.38. The summed E-state index contributed by atoms with van der Waals surface area (Å²) in [4.78, 5) is 25.9. The van der Waals surface area contributed by atoms with Crippen molar-refractivity contribution in [3.05, 3.63) is 17.5 Å². The molecule has 3 N–H and O–H groups in total. The number of aryl methyl sites for hydroxylation is 1. The van der Waals surface area contributed by atoms with Crippen LogP contribution in [0.5, 0.6) is 0 Å². The van der Waals surface area contributed by atoms with Gasteiger partial charge in [-0.15, -0.1) is 0 Å². The van der Waals surface area contributed by atoms with E-state index >= 15 is 0 Å². The number of H-pyrrole nitrogens is 1. The van der Waals surface area contributed by atoms with E-state index in [2.05, 4.69) is 10.3 Å². The van der Waals surface area contributed by atoms with Crippen LogP contribution in [0.1, 0.15) is 28.9 Å². The number of aromatic nitrogens is 1. The second-order valence-corrected chi connectivity index (χ2v) is 4.38. The Bertz CT molecular complexity index is 461. The van der Waals surface area contributed by atoms with Gasteiger partial charge in [-0.25, -0.2) is 4.79 Å². The van der Waals surface area contributed by atoms with Crippen LogP contribution in [-0.4, -0.2) is 35.2 Å². The lowest BCUT2D eigenvalue weighted by Gasteiger charge is -2.21. The number of anilines is 1. The quantitative estimate of drug-likeness (QED) is 0.758. The van der Waals surface area contributed by atoms with Crippen molar-refractivity contribution in [2.45, 2.75) is 19.8 Å². The fourth-order valence-electron chi connectivity index (χ4n) is 2.10. The summed E-state index contributed by atoms with van der Waals surface area (Å²) in [6.07, 6.45) is 2.87. The van der Waals surface area contributed by atoms with Gasteiger partial charge in [0.15, 0.2) is 0 Å². The molecule has 1 aromatic rings. The predicted octanol–water partition coefficient (Wildman–Crippen LogP) is 1.39. The van der Waals surface area contributed by atoms with Gasteiger partial charge in [0, 0.05) is 31.0 Å². The summed E-state index contributed by atoms with van der Waals surface area (Å²) >= 11 is 0. The lowest BCUT2D eigenvalue weighted by molar-refractivity contribution is -0.122. The largest absolute Gasteiger partial charge is 0.478 e. The Kier molecular flexibility index (Phi) is 3.66. The zero-order valence-corrected chi connectivity index (χ0v) is 10.2. The Hall–Kier alpha value is -1.82. The van der Waals surface area contributed by atoms with Gasteiger partial charge in [0.1, 0.15) is 5.56 Å². The number of aromatic carboxylic acids is 1. The zero-order valence-electron chi connectivity index (χ0n) is 10.2. The molecule has 0 aliphatic carbocycles. The first kappa shape index (κ1) is 12.6. The lowest BCUT2D eigenvalue weighted by Crippen LogP contribution is -2.28. The molecule has 1 aliphatic rings. The van der Waals surface area contributed by atoms with E-state index in [1.165, 1.54) is 6.20 Å². The van der Waals surface area contributed by atoms with Crippen molar-refractivity contribution in [2.24, 2.45) is 5.92 Å². The number of hydrogen-bond donors (Lipinski definition) is 3. The molecule has 1 aliphatic heterocycles. The van der Waals surface area contributed by atoms with Crippen LogP contribution in [0.15, 0.2) is 6.20 Å². The Labute approximate surface area is 104 Å². The molecule has 2 heterocycles. The Morgan fingerprint density at radius 3 is 2.72 bits per heavy atom. The molecular formula is C12H16N2O4. The zero-order chi connectivity index (χ0) is 13.1. The number of carbonyl (C=O) groups excluding carboxylic acids is 1. The number of amides is 1. The molecule has 18 heavy (non-hydrogen) atoms. The van der Waals surface area contributed by atoms with Gasteiger partial charge in [0.05, 0.1) is 5.69 Å². The van der Waals surface area contributed by atoms with Crippen molar-refractivity contribution < 1.29 is 19.4 Å². The summed E-state index contributed by atoms with van der Waals surface area (Å²) in [7, 11) is 0. The normalized spacial score (nSPS) is 16.5. The highest BCUT2D eigenvalue weighted by Gasteiger charge is 2.24. The monoisotopic (exact) mass is 252 g/mol. The molecule has 1 fully saturated rings. The van der Waals surface area contributed by atoms with Crippen molar-refractivity contribution in [1.29, 1.82) is 0 Å². The van der Waals surface area contributed by atoms with Gasteiger partial charge in [0.2, 0.25) is 5.91 Å². The first-order valence-corrected chi connectivity index (χ1v) is 5.89. The van der Waals surface area contributed by atoms with E-state index in [0.29, 0.717) is 37.4 Å². The van der Waals surface area contributed by atoms with Crippen molar-refractivity contribution in [3.8, 4) is 0 Å². The summed E-state index contributed by atoms with van der Waals surface area (Å²) < 4.78 is 5.19. The number of carbonyl (C=O) groups is 2. The molecule has 1 aromatic heterocycles. The van der Waals surface area contributed by atoms with Crippen LogP contribution in [0.3, 0.4) is 0 Å². The van der Waals surface area contributed by atoms with Gasteiger partial charge in [-0.3, -0.25) is 4.79 Å². The predicted molar refractivity (Wildman–Crippen MR) is 64.7 cm³/mol. The topological polar surface area (TPSA) is 91.4 Å². The molecule has 98 valence electrons. The molecule has 6 nitrogen and oxygen atoms in total. The maximum absolute atomic E-state index is 12.0. The summed E-state index contributed by atoms with van der Waals surface area (Å²) in [5.74, 6) is -1.29. The summed E-state index contributed by atoms with van der Waals surface area (Å²) in [6, 6.07) is 0. The minimum atomic E-state index is -1.05. The van der Waals surface area contributed by atoms with Crippen LogP contribution in [0.4, 0.5) is 5.69 Å². The lowest BCUT2D eigenvalue weighted by atomic mass is 9.99. The maximum Gasteiger partial charge on any atom is 0.339 e. The van der Waals surface area contributed by atoms with Gasteiger partial charge in [-0.1, -0.05) is 0 Å². The number of nitrogens with one attached hydrogen (secondary N) is 2. The van der Waals surface area contributed by atoms with Crippen molar-refractivity contribution >= 4 is 17.6 Å². The van der Waals surface area contributed by atoms with E-state index in [-0.39, 0.29) is 17.4 Å². The first-order valence-electron chi connectivity index (χ1n) is 5.89. The minimum Gasteiger partial charge on any atom is -0.478 e. The fourth-order valence-corrected chi connectivity index (χ4v) is 2.10. The highest BCUT2D eigenvalue weighted by molar-refractivity contribution is 6.02. The third-order valence-corrected chi connectivity index (χ3v) is 3.14. The molecule has 2 rings (SSSR count). The summed E-state index contributed by atoms with van der Waals surface area (Å²) in [5.41, 5.74) is 0.983. The molecule has 0 bridgehead atoms. The van der Waals surface area contributed by atoms with Gasteiger partial charge in [-0.05, 0) is 19.8 Å². The molecule has 0 unspecified atom stereocenters. The van der Waals surface area contributed by atoms with Crippen LogP contribution in [-0.2, 0) is 9.53 Å². The Morgan fingerprint density at radius 2 is 2.11 bits per heavy atom. The summed E-state index contributed by atoms with van der Waals surface area (Å²) in [5, 5.41) is 11.7. The van der Waals surface area contributed by atoms with Crippen LogP contribution in [0.25, 0.3) is 0 Å².